The number of benzene rings is 1. The summed E-state index contributed by atoms with van der Waals surface area (Å²) in [4.78, 5) is 40.5. The van der Waals surface area contributed by atoms with Gasteiger partial charge in [0.2, 0.25) is 0 Å². The van der Waals surface area contributed by atoms with E-state index in [1.807, 2.05) is 27.7 Å². The first kappa shape index (κ1) is 30.0. The Morgan fingerprint density at radius 3 is 2.48 bits per heavy atom. The van der Waals surface area contributed by atoms with Crippen molar-refractivity contribution in [1.29, 1.82) is 0 Å². The van der Waals surface area contributed by atoms with Gasteiger partial charge in [-0.15, -0.1) is 0 Å². The molecule has 4 saturated carbocycles. The Morgan fingerprint density at radius 1 is 1.07 bits per heavy atom. The summed E-state index contributed by atoms with van der Waals surface area (Å²) >= 11 is 0. The Hall–Kier alpha value is -3.39. The van der Waals surface area contributed by atoms with Gasteiger partial charge in [0.05, 0.1) is 5.60 Å². The third-order valence-corrected chi connectivity index (χ3v) is 13.1. The van der Waals surface area contributed by atoms with Crippen LogP contribution in [0.4, 0.5) is 0 Å². The van der Waals surface area contributed by atoms with Gasteiger partial charge in [-0.1, -0.05) is 31.6 Å². The van der Waals surface area contributed by atoms with E-state index >= 15 is 0 Å². The normalized spacial score (nSPS) is 39.5. The molecule has 9 aliphatic rings. The minimum atomic E-state index is -1.52. The largest absolute Gasteiger partial charge is 0.507 e. The number of Topliss-reactive ketones (excluding diaryl/α,β-unsaturated/α-hetero) is 2. The fourth-order valence-corrected chi connectivity index (χ4v) is 11.3. The molecule has 0 aromatic heterocycles. The van der Waals surface area contributed by atoms with E-state index in [9.17, 15) is 19.5 Å². The number of hydrogen-bond acceptors (Lipinski definition) is 8. The quantitative estimate of drug-likeness (QED) is 0.211. The van der Waals surface area contributed by atoms with Crippen molar-refractivity contribution in [3.8, 4) is 17.2 Å². The van der Waals surface area contributed by atoms with E-state index in [1.165, 1.54) is 0 Å². The highest BCUT2D eigenvalue weighted by molar-refractivity contribution is 6.18. The number of rotatable bonds is 6. The van der Waals surface area contributed by atoms with Crippen LogP contribution in [0.2, 0.25) is 0 Å². The number of hydrogen-bond donors (Lipinski definition) is 1. The summed E-state index contributed by atoms with van der Waals surface area (Å²) in [5.74, 6) is 0.590. The second-order valence-corrected chi connectivity index (χ2v) is 16.4. The van der Waals surface area contributed by atoms with Crippen LogP contribution in [0.5, 0.6) is 17.2 Å². The van der Waals surface area contributed by atoms with E-state index in [4.69, 9.17) is 18.9 Å². The molecule has 46 heavy (non-hydrogen) atoms. The molecule has 0 radical (unpaired) electrons. The summed E-state index contributed by atoms with van der Waals surface area (Å²) < 4.78 is 26.2. The highest BCUT2D eigenvalue weighted by atomic mass is 16.6. The average Bonchev–Trinajstić information content (AvgIpc) is 3.12. The number of fused-ring (bicyclic) bond motifs is 3. The first-order chi connectivity index (χ1) is 21.6. The summed E-state index contributed by atoms with van der Waals surface area (Å²) in [6.07, 6.45) is 8.48. The van der Waals surface area contributed by atoms with Crippen molar-refractivity contribution in [2.24, 2.45) is 29.1 Å². The molecule has 8 nitrogen and oxygen atoms in total. The molecule has 1 spiro atoms. The Morgan fingerprint density at radius 2 is 1.80 bits per heavy atom. The summed E-state index contributed by atoms with van der Waals surface area (Å²) in [6, 6.07) is 0. The zero-order valence-corrected chi connectivity index (χ0v) is 28.0. The number of carbonyl (C=O) groups is 3. The molecule has 3 aliphatic heterocycles. The lowest BCUT2D eigenvalue weighted by molar-refractivity contribution is -0.214. The van der Waals surface area contributed by atoms with Gasteiger partial charge in [-0.25, -0.2) is 0 Å². The van der Waals surface area contributed by atoms with Gasteiger partial charge in [0.15, 0.2) is 22.8 Å². The predicted octanol–water partition coefficient (Wildman–Crippen LogP) is 6.68. The maximum atomic E-state index is 15.0. The lowest BCUT2D eigenvalue weighted by Crippen LogP contribution is -2.72. The molecular formula is C38H44O8. The first-order valence-corrected chi connectivity index (χ1v) is 16.8. The molecule has 8 bridgehead atoms. The maximum Gasteiger partial charge on any atom is 0.298 e. The van der Waals surface area contributed by atoms with Crippen molar-refractivity contribution >= 4 is 18.0 Å². The van der Waals surface area contributed by atoms with Gasteiger partial charge in [0.25, 0.3) is 6.47 Å². The Labute approximate surface area is 270 Å². The molecule has 8 atom stereocenters. The van der Waals surface area contributed by atoms with Gasteiger partial charge in [0, 0.05) is 46.8 Å². The van der Waals surface area contributed by atoms with Crippen molar-refractivity contribution in [3.05, 3.63) is 51.8 Å². The second kappa shape index (κ2) is 8.94. The second-order valence-electron chi connectivity index (χ2n) is 16.4. The summed E-state index contributed by atoms with van der Waals surface area (Å²) in [7, 11) is 0. The van der Waals surface area contributed by atoms with Crippen molar-refractivity contribution in [2.75, 3.05) is 0 Å². The van der Waals surface area contributed by atoms with Gasteiger partial charge >= 0.3 is 0 Å². The van der Waals surface area contributed by atoms with Crippen LogP contribution in [0, 0.1) is 29.1 Å². The molecule has 1 aromatic carbocycles. The molecule has 5 fully saturated rings. The van der Waals surface area contributed by atoms with Crippen LogP contribution in [0.1, 0.15) is 108 Å². The number of carbonyl (C=O) groups excluding carboxylic acids is 3. The SMILES string of the molecule is CC(C)=CCc1c2c(c(O)c3c1O[C@]1(C)CCC4[C@H]3C1C4(C)C)C(=O)C1=CC3CC4C(C)(C)OC(CC=C(C)OC=O)(C3=O)[C@@]14O2. The van der Waals surface area contributed by atoms with Crippen molar-refractivity contribution in [3.63, 3.8) is 0 Å². The third kappa shape index (κ3) is 3.27. The topological polar surface area (TPSA) is 108 Å². The standard InChI is InChI=1S/C38H44O8/c1-18(2)9-10-21-30-26(25-22-12-13-36(8,44-30)32(25)34(22,4)5)29(41)27-28(40)23-15-20-16-24-35(6,7)46-37(33(20)42,14-11-19(3)43-17-39)38(23,24)45-31(21)27/h9,11,15,17,20,22,24-25,32,41H,10,12-14,16H2,1-8H3/t20?,22?,24?,25-,32?,36-,37?,38-/m1/s1. The molecule has 1 aromatic rings. The van der Waals surface area contributed by atoms with Crippen LogP contribution in [-0.2, 0) is 25.5 Å². The Bertz CT molecular complexity index is 1740. The molecule has 8 heteroatoms. The van der Waals surface area contributed by atoms with E-state index in [0.717, 1.165) is 29.5 Å². The molecule has 1 saturated heterocycles. The fraction of sp³-hybridized carbons (Fsp3) is 0.605. The van der Waals surface area contributed by atoms with E-state index in [1.54, 1.807) is 19.1 Å². The lowest BCUT2D eigenvalue weighted by Gasteiger charge is -2.70. The number of ketones is 2. The van der Waals surface area contributed by atoms with Crippen LogP contribution >= 0.6 is 0 Å². The fourth-order valence-electron chi connectivity index (χ4n) is 11.3. The summed E-state index contributed by atoms with van der Waals surface area (Å²) in [6.45, 7) is 16.8. The minimum absolute atomic E-state index is 0.0457. The zero-order chi connectivity index (χ0) is 32.9. The van der Waals surface area contributed by atoms with Gasteiger partial charge in [-0.05, 0) is 84.6 Å². The van der Waals surface area contributed by atoms with Gasteiger partial charge in [0.1, 0.15) is 34.2 Å². The number of phenolic OH excluding ortho intramolecular Hbond substituents is 1. The molecule has 0 amide bonds. The Kier molecular flexibility index (Phi) is 5.83. The lowest BCUT2D eigenvalue weighted by atomic mass is 9.37. The van der Waals surface area contributed by atoms with Crippen LogP contribution < -0.4 is 9.47 Å². The van der Waals surface area contributed by atoms with E-state index in [2.05, 4.69) is 26.8 Å². The van der Waals surface area contributed by atoms with Crippen LogP contribution in [0.15, 0.2) is 35.1 Å². The molecule has 1 N–H and O–H groups in total. The van der Waals surface area contributed by atoms with Crippen LogP contribution in [0.3, 0.4) is 0 Å². The number of allylic oxidation sites excluding steroid dienone is 4. The van der Waals surface area contributed by atoms with Gasteiger partial charge in [-0.3, -0.25) is 14.4 Å². The number of ether oxygens (including phenoxy) is 4. The number of phenols is 1. The summed E-state index contributed by atoms with van der Waals surface area (Å²) in [5, 5.41) is 12.2. The van der Waals surface area contributed by atoms with Crippen LogP contribution in [0.25, 0.3) is 0 Å². The molecule has 6 aliphatic carbocycles. The molecular weight excluding hydrogens is 584 g/mol. The summed E-state index contributed by atoms with van der Waals surface area (Å²) in [5.41, 5.74) is -0.973. The molecule has 10 rings (SSSR count). The molecule has 5 unspecified atom stereocenters. The third-order valence-electron chi connectivity index (χ3n) is 13.1. The monoisotopic (exact) mass is 628 g/mol. The van der Waals surface area contributed by atoms with Crippen LogP contribution in [-0.4, -0.2) is 45.5 Å². The van der Waals surface area contributed by atoms with Gasteiger partial charge < -0.3 is 24.1 Å². The maximum absolute atomic E-state index is 15.0. The average molecular weight is 629 g/mol. The van der Waals surface area contributed by atoms with Crippen molar-refractivity contribution in [1.82, 2.24) is 0 Å². The highest BCUT2D eigenvalue weighted by Crippen LogP contribution is 2.76. The molecule has 3 heterocycles. The minimum Gasteiger partial charge on any atom is -0.507 e. The predicted molar refractivity (Wildman–Crippen MR) is 169 cm³/mol. The van der Waals surface area contributed by atoms with E-state index in [0.29, 0.717) is 48.1 Å². The highest BCUT2D eigenvalue weighted by Gasteiger charge is 2.81. The van der Waals surface area contributed by atoms with Gasteiger partial charge in [-0.2, -0.15) is 0 Å². The van der Waals surface area contributed by atoms with E-state index < -0.39 is 28.3 Å². The van der Waals surface area contributed by atoms with E-state index in [-0.39, 0.29) is 52.5 Å². The Balaban J connectivity index is 1.39. The number of aromatic hydroxyl groups is 1. The smallest absolute Gasteiger partial charge is 0.298 e. The molecule has 244 valence electrons. The first-order valence-electron chi connectivity index (χ1n) is 16.8. The van der Waals surface area contributed by atoms with Crippen molar-refractivity contribution in [2.45, 2.75) is 116 Å². The van der Waals surface area contributed by atoms with Crippen molar-refractivity contribution < 1.29 is 38.4 Å². The zero-order valence-electron chi connectivity index (χ0n) is 28.0.